The van der Waals surface area contributed by atoms with E-state index in [1.54, 1.807) is 0 Å². The third-order valence-electron chi connectivity index (χ3n) is 4.40. The van der Waals surface area contributed by atoms with Crippen LogP contribution in [0.2, 0.25) is 0 Å². The second kappa shape index (κ2) is 21.7. The first-order valence-corrected chi connectivity index (χ1v) is 15.1. The van der Waals surface area contributed by atoms with Crippen LogP contribution in [0.15, 0.2) is 0 Å². The summed E-state index contributed by atoms with van der Waals surface area (Å²) in [5, 5.41) is 8.76. The highest BCUT2D eigenvalue weighted by molar-refractivity contribution is 8.76. The average Bonchev–Trinajstić information content (AvgIpc) is 2.67. The molecule has 29 heavy (non-hydrogen) atoms. The van der Waals surface area contributed by atoms with Crippen LogP contribution in [0.1, 0.15) is 98.8 Å². The predicted octanol–water partition coefficient (Wildman–Crippen LogP) is 8.19. The summed E-state index contributed by atoms with van der Waals surface area (Å²) >= 11 is 0. The summed E-state index contributed by atoms with van der Waals surface area (Å²) < 4.78 is 14.3. The largest absolute Gasteiger partial charge is 0.322 e. The van der Waals surface area contributed by atoms with E-state index in [0.717, 1.165) is 13.0 Å². The van der Waals surface area contributed by atoms with Crippen molar-refractivity contribution in [2.75, 3.05) is 24.7 Å². The van der Waals surface area contributed by atoms with Gasteiger partial charge in [0.05, 0.1) is 25.7 Å². The van der Waals surface area contributed by atoms with Gasteiger partial charge in [0.2, 0.25) is 0 Å². The maximum atomic E-state index is 8.76. The Kier molecular flexibility index (Phi) is 22.1. The molecule has 0 bridgehead atoms. The fourth-order valence-corrected chi connectivity index (χ4v) is 6.88. The van der Waals surface area contributed by atoms with Crippen LogP contribution >= 0.6 is 30.1 Å². The van der Waals surface area contributed by atoms with Crippen LogP contribution in [0.4, 0.5) is 0 Å². The lowest BCUT2D eigenvalue weighted by molar-refractivity contribution is 0.174. The quantitative estimate of drug-likeness (QED) is 0.0969. The van der Waals surface area contributed by atoms with Gasteiger partial charge in [-0.05, 0) is 47.0 Å². The molecule has 0 aromatic rings. The molecule has 0 aliphatic carbocycles. The fourth-order valence-electron chi connectivity index (χ4n) is 2.96. The van der Waals surface area contributed by atoms with Crippen LogP contribution in [0, 0.1) is 11.3 Å². The number of nitriles is 1. The van der Waals surface area contributed by atoms with Gasteiger partial charge in [-0.15, -0.1) is 0 Å². The minimum absolute atomic E-state index is 0.365. The zero-order valence-corrected chi connectivity index (χ0v) is 22.1. The summed E-state index contributed by atoms with van der Waals surface area (Å²) in [6, 6.07) is 2.88. The lowest BCUT2D eigenvalue weighted by Gasteiger charge is -2.35. The average molecular weight is 465 g/mol. The highest BCUT2D eigenvalue weighted by atomic mass is 33.1. The Balaban J connectivity index is 3.77. The van der Waals surface area contributed by atoms with Crippen LogP contribution in [0.3, 0.4) is 0 Å². The van der Waals surface area contributed by atoms with Crippen LogP contribution < -0.4 is 0 Å². The van der Waals surface area contributed by atoms with Crippen LogP contribution in [0.5, 0.6) is 0 Å². The second-order valence-electron chi connectivity index (χ2n) is 7.85. The minimum Gasteiger partial charge on any atom is -0.322 e. The Hall–Kier alpha value is 0.500. The summed E-state index contributed by atoms with van der Waals surface area (Å²) in [7, 11) is 3.01. The van der Waals surface area contributed by atoms with Gasteiger partial charge in [-0.1, -0.05) is 67.0 Å². The van der Waals surface area contributed by atoms with Crippen molar-refractivity contribution in [2.24, 2.45) is 0 Å². The molecule has 0 amide bonds. The topological polar surface area (TPSA) is 45.5 Å². The maximum absolute atomic E-state index is 8.76. The second-order valence-corrected chi connectivity index (χ2v) is 12.0. The molecule has 0 saturated heterocycles. The van der Waals surface area contributed by atoms with E-state index in [2.05, 4.69) is 56.2 Å². The van der Waals surface area contributed by atoms with Crippen molar-refractivity contribution in [1.82, 2.24) is 4.67 Å². The summed E-state index contributed by atoms with van der Waals surface area (Å²) in [5.74, 6) is 2.57. The molecule has 0 spiro atoms. The molecular weight excluding hydrogens is 419 g/mol. The maximum Gasteiger partial charge on any atom is 0.259 e. The molecule has 1 unspecified atom stereocenters. The molecule has 4 nitrogen and oxygen atoms in total. The first-order chi connectivity index (χ1) is 14.0. The van der Waals surface area contributed by atoms with E-state index >= 15 is 0 Å². The van der Waals surface area contributed by atoms with Gasteiger partial charge < -0.3 is 9.05 Å². The van der Waals surface area contributed by atoms with E-state index < -0.39 is 8.53 Å². The molecule has 1 atom stereocenters. The molecule has 0 aliphatic heterocycles. The van der Waals surface area contributed by atoms with Gasteiger partial charge in [0.1, 0.15) is 0 Å². The van der Waals surface area contributed by atoms with Crippen LogP contribution in [0.25, 0.3) is 0 Å². The lowest BCUT2D eigenvalue weighted by atomic mass is 10.2. The van der Waals surface area contributed by atoms with E-state index in [1.807, 2.05) is 10.8 Å². The normalized spacial score (nSPS) is 12.8. The van der Waals surface area contributed by atoms with Gasteiger partial charge in [-0.3, -0.25) is 0 Å². The Morgan fingerprint density at radius 2 is 1.31 bits per heavy atom. The molecule has 0 radical (unpaired) electrons. The van der Waals surface area contributed by atoms with E-state index in [9.17, 15) is 0 Å². The Bertz CT molecular complexity index is 387. The van der Waals surface area contributed by atoms with Crippen molar-refractivity contribution in [1.29, 1.82) is 5.26 Å². The van der Waals surface area contributed by atoms with Gasteiger partial charge >= 0.3 is 0 Å². The highest BCUT2D eigenvalue weighted by Crippen LogP contribution is 2.46. The number of hydrogen-bond donors (Lipinski definition) is 0. The Morgan fingerprint density at radius 3 is 1.83 bits per heavy atom. The van der Waals surface area contributed by atoms with Gasteiger partial charge in [-0.2, -0.15) is 5.26 Å². The number of nitrogens with zero attached hydrogens (tertiary/aromatic N) is 2. The van der Waals surface area contributed by atoms with Gasteiger partial charge in [0, 0.05) is 23.6 Å². The van der Waals surface area contributed by atoms with Crippen molar-refractivity contribution in [2.45, 2.75) is 111 Å². The van der Waals surface area contributed by atoms with Gasteiger partial charge in [-0.25, -0.2) is 4.67 Å². The predicted molar refractivity (Wildman–Crippen MR) is 133 cm³/mol. The molecule has 0 aliphatic rings. The number of rotatable bonds is 21. The van der Waals surface area contributed by atoms with E-state index in [4.69, 9.17) is 14.3 Å². The van der Waals surface area contributed by atoms with Crippen molar-refractivity contribution >= 4 is 30.1 Å². The van der Waals surface area contributed by atoms with Crippen molar-refractivity contribution in [3.05, 3.63) is 0 Å². The molecule has 0 fully saturated rings. The molecule has 0 aromatic heterocycles. The first-order valence-electron chi connectivity index (χ1n) is 11.5. The van der Waals surface area contributed by atoms with E-state index in [0.29, 0.717) is 25.1 Å². The molecule has 172 valence electrons. The highest BCUT2D eigenvalue weighted by Gasteiger charge is 2.26. The summed E-state index contributed by atoms with van der Waals surface area (Å²) in [4.78, 5) is 0. The SMILES string of the molecule is CCCCCCCSSCCCCCCOP(OCCC#N)N(C(C)C)C(C)C. The standard InChI is InChI=1S/C22H45N2O2PS2/c1-6-7-8-10-13-19-28-29-20-14-11-9-12-17-25-27(26-18-15-16-23)24(21(2)3)22(4)5/h21-22H,6-15,17-20H2,1-5H3. The van der Waals surface area contributed by atoms with Crippen LogP contribution in [-0.2, 0) is 9.05 Å². The summed E-state index contributed by atoms with van der Waals surface area (Å²) in [6.07, 6.45) is 12.2. The molecule has 0 rings (SSSR count). The first kappa shape index (κ1) is 29.5. The smallest absolute Gasteiger partial charge is 0.259 e. The third kappa shape index (κ3) is 17.8. The lowest BCUT2D eigenvalue weighted by Crippen LogP contribution is -2.33. The fraction of sp³-hybridized carbons (Fsp3) is 0.955. The minimum atomic E-state index is -1.08. The Morgan fingerprint density at radius 1 is 0.793 bits per heavy atom. The zero-order valence-electron chi connectivity index (χ0n) is 19.5. The molecule has 7 heteroatoms. The van der Waals surface area contributed by atoms with Gasteiger partial charge in [0.15, 0.2) is 0 Å². The number of hydrogen-bond acceptors (Lipinski definition) is 6. The monoisotopic (exact) mass is 464 g/mol. The molecular formula is C22H45N2O2PS2. The third-order valence-corrected chi connectivity index (χ3v) is 9.09. The van der Waals surface area contributed by atoms with Crippen molar-refractivity contribution in [3.63, 3.8) is 0 Å². The number of unbranched alkanes of at least 4 members (excludes halogenated alkanes) is 7. The van der Waals surface area contributed by atoms with Crippen molar-refractivity contribution < 1.29 is 9.05 Å². The Labute approximate surface area is 190 Å². The summed E-state index contributed by atoms with van der Waals surface area (Å²) in [6.45, 7) is 12.2. The summed E-state index contributed by atoms with van der Waals surface area (Å²) in [5.41, 5.74) is 0. The van der Waals surface area contributed by atoms with Crippen LogP contribution in [-0.4, -0.2) is 41.5 Å². The molecule has 0 saturated carbocycles. The zero-order chi connectivity index (χ0) is 21.7. The van der Waals surface area contributed by atoms with Crippen molar-refractivity contribution in [3.8, 4) is 6.07 Å². The van der Waals surface area contributed by atoms with E-state index in [-0.39, 0.29) is 0 Å². The molecule has 0 aromatic carbocycles. The molecule has 0 heterocycles. The van der Waals surface area contributed by atoms with Gasteiger partial charge in [0.25, 0.3) is 8.53 Å². The molecule has 0 N–H and O–H groups in total. The van der Waals surface area contributed by atoms with E-state index in [1.165, 1.54) is 62.9 Å².